The molecular formula is C20H26N4O3. The minimum absolute atomic E-state index is 0.00836. The Balaban J connectivity index is 1.61. The fourth-order valence-electron chi connectivity index (χ4n) is 3.28. The van der Waals surface area contributed by atoms with Crippen LogP contribution < -0.4 is 10.6 Å². The van der Waals surface area contributed by atoms with Gasteiger partial charge in [-0.05, 0) is 44.1 Å². The Kier molecular flexibility index (Phi) is 6.11. The van der Waals surface area contributed by atoms with Crippen molar-refractivity contribution in [3.63, 3.8) is 0 Å². The van der Waals surface area contributed by atoms with Crippen LogP contribution in [-0.4, -0.2) is 32.9 Å². The average Bonchev–Trinajstić information content (AvgIpc) is 3.39. The van der Waals surface area contributed by atoms with Crippen molar-refractivity contribution in [2.24, 2.45) is 5.92 Å². The summed E-state index contributed by atoms with van der Waals surface area (Å²) in [6.07, 6.45) is 5.03. The molecule has 0 radical (unpaired) electrons. The third kappa shape index (κ3) is 5.57. The molecule has 1 aliphatic carbocycles. The molecule has 0 saturated heterocycles. The molecule has 0 aliphatic heterocycles. The molecule has 2 amide bonds. The third-order valence-electron chi connectivity index (χ3n) is 4.97. The minimum Gasteiger partial charge on any atom is -0.481 e. The van der Waals surface area contributed by atoms with Gasteiger partial charge in [0.05, 0.1) is 12.2 Å². The monoisotopic (exact) mass is 370 g/mol. The van der Waals surface area contributed by atoms with Crippen LogP contribution in [0.2, 0.25) is 0 Å². The second-order valence-corrected chi connectivity index (χ2v) is 7.16. The van der Waals surface area contributed by atoms with Gasteiger partial charge in [-0.3, -0.25) is 10.1 Å². The topological polar surface area (TPSA) is 96.3 Å². The normalized spacial score (nSPS) is 15.7. The molecule has 1 aromatic heterocycles. The number of rotatable bonds is 9. The molecule has 7 heteroatoms. The predicted octanol–water partition coefficient (Wildman–Crippen LogP) is 3.45. The number of carbonyl (C=O) groups excluding carboxylic acids is 1. The van der Waals surface area contributed by atoms with Crippen molar-refractivity contribution in [1.82, 2.24) is 15.1 Å². The number of hydrogen-bond donors (Lipinski definition) is 3. The van der Waals surface area contributed by atoms with Crippen LogP contribution >= 0.6 is 0 Å². The van der Waals surface area contributed by atoms with Crippen LogP contribution in [0.1, 0.15) is 44.2 Å². The van der Waals surface area contributed by atoms with Crippen LogP contribution in [0.3, 0.4) is 0 Å². The molecule has 1 fully saturated rings. The van der Waals surface area contributed by atoms with Crippen LogP contribution in [0.5, 0.6) is 0 Å². The Labute approximate surface area is 158 Å². The fraction of sp³-hybridized carbons (Fsp3) is 0.450. The van der Waals surface area contributed by atoms with Gasteiger partial charge in [-0.25, -0.2) is 9.48 Å². The lowest BCUT2D eigenvalue weighted by atomic mass is 10.0. The first-order valence-corrected chi connectivity index (χ1v) is 9.39. The lowest BCUT2D eigenvalue weighted by molar-refractivity contribution is -0.137. The summed E-state index contributed by atoms with van der Waals surface area (Å²) in [4.78, 5) is 23.5. The molecule has 3 N–H and O–H groups in total. The van der Waals surface area contributed by atoms with Gasteiger partial charge in [-0.1, -0.05) is 30.3 Å². The van der Waals surface area contributed by atoms with E-state index in [9.17, 15) is 9.59 Å². The van der Waals surface area contributed by atoms with Gasteiger partial charge in [-0.15, -0.1) is 0 Å². The van der Waals surface area contributed by atoms with Gasteiger partial charge in [0.1, 0.15) is 5.82 Å². The average molecular weight is 370 g/mol. The molecule has 3 rings (SSSR count). The van der Waals surface area contributed by atoms with E-state index in [2.05, 4.69) is 22.7 Å². The first-order valence-electron chi connectivity index (χ1n) is 9.39. The number of hydrogen-bond acceptors (Lipinski definition) is 3. The molecule has 7 nitrogen and oxygen atoms in total. The van der Waals surface area contributed by atoms with Crippen LogP contribution in [0.25, 0.3) is 0 Å². The molecular weight excluding hydrogens is 344 g/mol. The van der Waals surface area contributed by atoms with E-state index in [4.69, 9.17) is 5.11 Å². The molecule has 2 aromatic rings. The molecule has 0 bridgehead atoms. The second kappa shape index (κ2) is 8.70. The van der Waals surface area contributed by atoms with E-state index in [0.29, 0.717) is 24.6 Å². The number of anilines is 1. The fourth-order valence-corrected chi connectivity index (χ4v) is 3.28. The molecule has 1 saturated carbocycles. The summed E-state index contributed by atoms with van der Waals surface area (Å²) in [5.74, 6) is 0.408. The van der Waals surface area contributed by atoms with Gasteiger partial charge in [0.25, 0.3) is 0 Å². The number of nitrogens with one attached hydrogen (secondary N) is 2. The van der Waals surface area contributed by atoms with Crippen molar-refractivity contribution in [2.45, 2.75) is 51.1 Å². The first kappa shape index (κ1) is 18.9. The maximum atomic E-state index is 12.5. The number of aliphatic carboxylic acids is 1. The van der Waals surface area contributed by atoms with Crippen LogP contribution in [0.4, 0.5) is 10.6 Å². The Bertz CT molecular complexity index is 771. The van der Waals surface area contributed by atoms with Gasteiger partial charge in [0.2, 0.25) is 0 Å². The maximum Gasteiger partial charge on any atom is 0.320 e. The van der Waals surface area contributed by atoms with E-state index in [0.717, 1.165) is 5.56 Å². The standard InChI is InChI=1S/C20H26N4O3/c1-14(16-7-8-16)24-18(11-12-21-24)23-20(27)22-17(9-10-19(25)26)13-15-5-3-2-4-6-15/h2-6,11-12,14,16-17H,7-10,13H2,1H3,(H,25,26)(H2,22,23,27). The number of carbonyl (C=O) groups is 2. The van der Waals surface area contributed by atoms with Crippen molar-refractivity contribution >= 4 is 17.8 Å². The van der Waals surface area contributed by atoms with E-state index in [1.807, 2.05) is 35.0 Å². The van der Waals surface area contributed by atoms with Crippen LogP contribution in [0, 0.1) is 5.92 Å². The Morgan fingerprint density at radius 2 is 2.00 bits per heavy atom. The molecule has 2 atom stereocenters. The van der Waals surface area contributed by atoms with E-state index < -0.39 is 5.97 Å². The largest absolute Gasteiger partial charge is 0.481 e. The highest BCUT2D eigenvalue weighted by Crippen LogP contribution is 2.40. The molecule has 1 aliphatic rings. The van der Waals surface area contributed by atoms with Crippen LogP contribution in [-0.2, 0) is 11.2 Å². The van der Waals surface area contributed by atoms with E-state index in [1.165, 1.54) is 12.8 Å². The van der Waals surface area contributed by atoms with E-state index in [1.54, 1.807) is 12.3 Å². The highest BCUT2D eigenvalue weighted by molar-refractivity contribution is 5.88. The molecule has 0 spiro atoms. The summed E-state index contributed by atoms with van der Waals surface area (Å²) in [5, 5.41) is 19.1. The Hall–Kier alpha value is -2.83. The van der Waals surface area contributed by atoms with E-state index in [-0.39, 0.29) is 24.5 Å². The summed E-state index contributed by atoms with van der Waals surface area (Å²) >= 11 is 0. The molecule has 1 heterocycles. The number of amides is 2. The minimum atomic E-state index is -0.869. The summed E-state index contributed by atoms with van der Waals surface area (Å²) in [6.45, 7) is 2.11. The lowest BCUT2D eigenvalue weighted by Gasteiger charge is -2.20. The summed E-state index contributed by atoms with van der Waals surface area (Å²) < 4.78 is 1.85. The Morgan fingerprint density at radius 3 is 2.67 bits per heavy atom. The van der Waals surface area contributed by atoms with Gasteiger partial charge in [-0.2, -0.15) is 5.10 Å². The third-order valence-corrected chi connectivity index (χ3v) is 4.97. The second-order valence-electron chi connectivity index (χ2n) is 7.16. The van der Waals surface area contributed by atoms with Gasteiger partial charge >= 0.3 is 12.0 Å². The molecule has 2 unspecified atom stereocenters. The maximum absolute atomic E-state index is 12.5. The smallest absolute Gasteiger partial charge is 0.320 e. The van der Waals surface area contributed by atoms with Crippen LogP contribution in [0.15, 0.2) is 42.6 Å². The van der Waals surface area contributed by atoms with Crippen molar-refractivity contribution in [3.05, 3.63) is 48.2 Å². The quantitative estimate of drug-likeness (QED) is 0.630. The zero-order chi connectivity index (χ0) is 19.2. The molecule has 27 heavy (non-hydrogen) atoms. The Morgan fingerprint density at radius 1 is 1.26 bits per heavy atom. The number of carboxylic acids is 1. The highest BCUT2D eigenvalue weighted by atomic mass is 16.4. The highest BCUT2D eigenvalue weighted by Gasteiger charge is 2.30. The van der Waals surface area contributed by atoms with E-state index >= 15 is 0 Å². The molecule has 144 valence electrons. The number of urea groups is 1. The zero-order valence-electron chi connectivity index (χ0n) is 15.5. The summed E-state index contributed by atoms with van der Waals surface area (Å²) in [5.41, 5.74) is 1.06. The lowest BCUT2D eigenvalue weighted by Crippen LogP contribution is -2.40. The predicted molar refractivity (Wildman–Crippen MR) is 103 cm³/mol. The number of nitrogens with zero attached hydrogens (tertiary/aromatic N) is 2. The van der Waals surface area contributed by atoms with Gasteiger partial charge < -0.3 is 10.4 Å². The SMILES string of the molecule is CC(C1CC1)n1nccc1NC(=O)NC(CCC(=O)O)Cc1ccccc1. The zero-order valence-corrected chi connectivity index (χ0v) is 15.5. The van der Waals surface area contributed by atoms with Gasteiger partial charge in [0.15, 0.2) is 0 Å². The summed E-state index contributed by atoms with van der Waals surface area (Å²) in [7, 11) is 0. The summed E-state index contributed by atoms with van der Waals surface area (Å²) in [6, 6.07) is 11.2. The molecule has 1 aromatic carbocycles. The van der Waals surface area contributed by atoms with Crippen molar-refractivity contribution in [2.75, 3.05) is 5.32 Å². The van der Waals surface area contributed by atoms with Crippen molar-refractivity contribution in [1.29, 1.82) is 0 Å². The first-order chi connectivity index (χ1) is 13.0. The number of carboxylic acid groups (broad SMARTS) is 1. The van der Waals surface area contributed by atoms with Crippen molar-refractivity contribution < 1.29 is 14.7 Å². The number of aromatic nitrogens is 2. The van der Waals surface area contributed by atoms with Gasteiger partial charge in [0, 0.05) is 18.5 Å². The van der Waals surface area contributed by atoms with Crippen molar-refractivity contribution in [3.8, 4) is 0 Å². The number of benzene rings is 1.